The van der Waals surface area contributed by atoms with E-state index in [0.29, 0.717) is 17.1 Å². The van der Waals surface area contributed by atoms with Gasteiger partial charge in [-0.1, -0.05) is 0 Å². The maximum Gasteiger partial charge on any atom is 0.223 e. The first-order valence-corrected chi connectivity index (χ1v) is 17.8. The number of hydrogen-bond acceptors (Lipinski definition) is 11. The van der Waals surface area contributed by atoms with Gasteiger partial charge in [-0.25, -0.2) is 0 Å². The minimum atomic E-state index is -1.31. The lowest BCUT2D eigenvalue weighted by Crippen LogP contribution is -2.50. The van der Waals surface area contributed by atoms with Crippen LogP contribution in [0.4, 0.5) is 0 Å². The van der Waals surface area contributed by atoms with Crippen molar-refractivity contribution in [3.8, 4) is 17.2 Å². The van der Waals surface area contributed by atoms with E-state index in [9.17, 15) is 48.9 Å². The first-order valence-electron chi connectivity index (χ1n) is 17.8. The van der Waals surface area contributed by atoms with Gasteiger partial charge in [0.15, 0.2) is 17.2 Å². The Hall–Kier alpha value is -5.91. The van der Waals surface area contributed by atoms with Crippen molar-refractivity contribution in [1.29, 1.82) is 0 Å². The van der Waals surface area contributed by atoms with E-state index < -0.39 is 62.7 Å². The van der Waals surface area contributed by atoms with Crippen molar-refractivity contribution in [2.24, 2.45) is 26.9 Å². The summed E-state index contributed by atoms with van der Waals surface area (Å²) in [5, 5.41) is 42.0. The highest BCUT2D eigenvalue weighted by atomic mass is 16.3. The summed E-state index contributed by atoms with van der Waals surface area (Å²) >= 11 is 0. The molecule has 0 aliphatic rings. The molecule has 3 aromatic rings. The average molecular weight is 769 g/mol. The molecule has 18 heteroatoms. The number of hydrogen-bond donors (Lipinski definition) is 8. The van der Waals surface area contributed by atoms with Gasteiger partial charge in [-0.3, -0.25) is 33.6 Å². The van der Waals surface area contributed by atoms with E-state index in [2.05, 4.69) is 21.3 Å². The fourth-order valence-electron chi connectivity index (χ4n) is 6.14. The van der Waals surface area contributed by atoms with Crippen molar-refractivity contribution in [1.82, 2.24) is 35.0 Å². The number of rotatable bonds is 18. The molecule has 0 bridgehead atoms. The standard InChI is InChI=1S/C37H52N8O10/c1-21-15-27(46)34(53)24(43(21)4)18-39-30(49)7-11-37(42-33(52)10-14-38,12-8-31(50)40-19-25-35(54)28(47)16-22(2)44(25)5)13-9-32(51)41-20-26-36(55)29(48)17-23(3)45(26)6/h15-17,53-55H,7-14,18-20,38H2,1-6H3,(H,39,49)(H,40,50)(H,41,51)(H,42,52). The van der Waals surface area contributed by atoms with Crippen molar-refractivity contribution in [3.05, 3.63) is 83.0 Å². The lowest BCUT2D eigenvalue weighted by Gasteiger charge is -2.35. The fourth-order valence-corrected chi connectivity index (χ4v) is 6.14. The number of aromatic hydroxyl groups is 3. The first kappa shape index (κ1) is 43.5. The zero-order valence-electron chi connectivity index (χ0n) is 32.1. The topological polar surface area (TPSA) is 269 Å². The van der Waals surface area contributed by atoms with Crippen LogP contribution in [0.25, 0.3) is 0 Å². The summed E-state index contributed by atoms with van der Waals surface area (Å²) in [4.78, 5) is 89.2. The van der Waals surface area contributed by atoms with Crippen LogP contribution in [0, 0.1) is 20.8 Å². The van der Waals surface area contributed by atoms with Gasteiger partial charge in [-0.2, -0.15) is 0 Å². The van der Waals surface area contributed by atoms with E-state index in [1.807, 2.05) is 0 Å². The van der Waals surface area contributed by atoms with Crippen molar-refractivity contribution in [3.63, 3.8) is 0 Å². The van der Waals surface area contributed by atoms with Gasteiger partial charge in [0, 0.05) is 94.2 Å². The molecule has 0 fully saturated rings. The molecule has 0 radical (unpaired) electrons. The van der Waals surface area contributed by atoms with E-state index in [1.165, 1.54) is 18.2 Å². The van der Waals surface area contributed by atoms with E-state index in [0.717, 1.165) is 0 Å². The molecule has 55 heavy (non-hydrogen) atoms. The van der Waals surface area contributed by atoms with Gasteiger partial charge in [0.25, 0.3) is 0 Å². The van der Waals surface area contributed by atoms with Crippen LogP contribution in [0.1, 0.15) is 79.1 Å². The largest absolute Gasteiger partial charge is 0.503 e. The van der Waals surface area contributed by atoms with E-state index in [-0.39, 0.29) is 88.2 Å². The minimum absolute atomic E-state index is 0.000507. The van der Waals surface area contributed by atoms with Gasteiger partial charge >= 0.3 is 0 Å². The highest BCUT2D eigenvalue weighted by Gasteiger charge is 2.34. The average Bonchev–Trinajstić information content (AvgIpc) is 3.13. The zero-order valence-corrected chi connectivity index (χ0v) is 32.1. The lowest BCUT2D eigenvalue weighted by molar-refractivity contribution is -0.127. The second kappa shape index (κ2) is 18.9. The second-order valence-electron chi connectivity index (χ2n) is 13.7. The molecule has 3 aromatic heterocycles. The number of nitrogens with one attached hydrogen (secondary N) is 4. The Morgan fingerprint density at radius 3 is 1.13 bits per heavy atom. The Bertz CT molecular complexity index is 1900. The Labute approximate surface area is 317 Å². The Morgan fingerprint density at radius 1 is 0.564 bits per heavy atom. The smallest absolute Gasteiger partial charge is 0.223 e. The number of carbonyl (C=O) groups excluding carboxylic acids is 4. The summed E-state index contributed by atoms with van der Waals surface area (Å²) in [5.41, 5.74) is 4.77. The Morgan fingerprint density at radius 2 is 0.855 bits per heavy atom. The lowest BCUT2D eigenvalue weighted by atomic mass is 9.83. The van der Waals surface area contributed by atoms with Gasteiger partial charge in [0.05, 0.1) is 36.7 Å². The summed E-state index contributed by atoms with van der Waals surface area (Å²) in [6.45, 7) is 4.47. The number of carbonyl (C=O) groups is 4. The number of nitrogens with zero attached hydrogens (tertiary/aromatic N) is 3. The van der Waals surface area contributed by atoms with E-state index in [1.54, 1.807) is 55.6 Å². The van der Waals surface area contributed by atoms with Crippen LogP contribution in [0.5, 0.6) is 17.2 Å². The summed E-state index contributed by atoms with van der Waals surface area (Å²) < 4.78 is 4.69. The molecule has 0 aliphatic heterocycles. The molecule has 0 saturated carbocycles. The van der Waals surface area contributed by atoms with Crippen LogP contribution in [0.2, 0.25) is 0 Å². The van der Waals surface area contributed by atoms with Crippen LogP contribution in [0.3, 0.4) is 0 Å². The van der Waals surface area contributed by atoms with Gasteiger partial charge in [0.2, 0.25) is 39.9 Å². The molecule has 9 N–H and O–H groups in total. The van der Waals surface area contributed by atoms with E-state index in [4.69, 9.17) is 5.73 Å². The molecular formula is C37H52N8O10. The predicted octanol–water partition coefficient (Wildman–Crippen LogP) is -0.382. The summed E-state index contributed by atoms with van der Waals surface area (Å²) in [6, 6.07) is 3.79. The molecule has 18 nitrogen and oxygen atoms in total. The minimum Gasteiger partial charge on any atom is -0.503 e. The Balaban J connectivity index is 1.85. The highest BCUT2D eigenvalue weighted by molar-refractivity contribution is 5.80. The third-order valence-electron chi connectivity index (χ3n) is 9.97. The van der Waals surface area contributed by atoms with Crippen LogP contribution in [0.15, 0.2) is 32.6 Å². The van der Waals surface area contributed by atoms with Crippen LogP contribution in [-0.4, -0.2) is 64.7 Å². The Kier molecular flexibility index (Phi) is 15.0. The molecule has 0 aliphatic carbocycles. The molecule has 0 spiro atoms. The van der Waals surface area contributed by atoms with Crippen molar-refractivity contribution in [2.45, 2.75) is 90.9 Å². The van der Waals surface area contributed by atoms with Crippen LogP contribution < -0.4 is 43.3 Å². The predicted molar refractivity (Wildman–Crippen MR) is 202 cm³/mol. The number of pyridine rings is 3. The quantitative estimate of drug-likeness (QED) is 0.0827. The van der Waals surface area contributed by atoms with Gasteiger partial charge in [-0.15, -0.1) is 0 Å². The third-order valence-corrected chi connectivity index (χ3v) is 9.97. The SMILES string of the molecule is Cc1cc(=O)c(O)c(CNC(=O)CCC(CCC(=O)NCc2c(O)c(=O)cc(C)n2C)(CCC(=O)NCc2c(O)c(=O)cc(C)n2C)NC(=O)CCN)n1C. The normalized spacial score (nSPS) is 11.3. The van der Waals surface area contributed by atoms with Gasteiger partial charge in [-0.05, 0) is 40.0 Å². The summed E-state index contributed by atoms with van der Waals surface area (Å²) in [6.07, 6.45) is -0.839. The van der Waals surface area contributed by atoms with Crippen molar-refractivity contribution >= 4 is 23.6 Å². The molecule has 3 heterocycles. The number of aromatic nitrogens is 3. The molecule has 3 rings (SSSR count). The van der Waals surface area contributed by atoms with Crippen LogP contribution >= 0.6 is 0 Å². The molecule has 0 aromatic carbocycles. The number of aryl methyl sites for hydroxylation is 3. The number of nitrogens with two attached hydrogens (primary N) is 1. The summed E-state index contributed by atoms with van der Waals surface area (Å²) in [7, 11) is 4.89. The number of amides is 4. The monoisotopic (exact) mass is 768 g/mol. The maximum atomic E-state index is 13.2. The molecule has 0 unspecified atom stereocenters. The zero-order chi connectivity index (χ0) is 41.2. The molecule has 0 atom stereocenters. The fraction of sp³-hybridized carbons (Fsp3) is 0.486. The molecule has 300 valence electrons. The first-order chi connectivity index (χ1) is 25.8. The second-order valence-corrected chi connectivity index (χ2v) is 13.7. The summed E-state index contributed by atoms with van der Waals surface area (Å²) in [5.74, 6) is -3.53. The van der Waals surface area contributed by atoms with Crippen molar-refractivity contribution in [2.75, 3.05) is 6.54 Å². The molecular weight excluding hydrogens is 716 g/mol. The maximum absolute atomic E-state index is 13.2. The van der Waals surface area contributed by atoms with Crippen molar-refractivity contribution < 1.29 is 34.5 Å². The van der Waals surface area contributed by atoms with Crippen LogP contribution in [-0.2, 0) is 60.0 Å². The highest BCUT2D eigenvalue weighted by Crippen LogP contribution is 2.27. The molecule has 0 saturated heterocycles. The van der Waals surface area contributed by atoms with E-state index >= 15 is 0 Å². The molecule has 4 amide bonds. The van der Waals surface area contributed by atoms with Gasteiger partial charge < -0.3 is 56.0 Å². The third kappa shape index (κ3) is 11.3. The van der Waals surface area contributed by atoms with Gasteiger partial charge in [0.1, 0.15) is 0 Å².